The van der Waals surface area contributed by atoms with Crippen LogP contribution in [0.3, 0.4) is 0 Å². The van der Waals surface area contributed by atoms with Gasteiger partial charge in [-0.15, -0.1) is 23.5 Å². The van der Waals surface area contributed by atoms with Crippen LogP contribution in [0.5, 0.6) is 23.0 Å². The lowest BCUT2D eigenvalue weighted by Gasteiger charge is -2.35. The van der Waals surface area contributed by atoms with E-state index >= 15 is 0 Å². The van der Waals surface area contributed by atoms with Gasteiger partial charge in [0.2, 0.25) is 5.91 Å². The van der Waals surface area contributed by atoms with Crippen molar-refractivity contribution in [3.05, 3.63) is 335 Å². The Kier molecular flexibility index (Phi) is 39.9. The van der Waals surface area contributed by atoms with E-state index in [9.17, 15) is 43.5 Å². The van der Waals surface area contributed by atoms with Crippen molar-refractivity contribution >= 4 is 70.7 Å². The molecule has 1 amide bonds. The Morgan fingerprint density at radius 1 is 0.342 bits per heavy atom. The van der Waals surface area contributed by atoms with Gasteiger partial charge in [0.1, 0.15) is 23.0 Å². The van der Waals surface area contributed by atoms with E-state index in [0.29, 0.717) is 73.8 Å². The number of phenols is 2. The number of carboxylic acid groups (broad SMARTS) is 2. The van der Waals surface area contributed by atoms with Crippen molar-refractivity contribution < 1.29 is 73.0 Å². The van der Waals surface area contributed by atoms with Crippen LogP contribution in [-0.2, 0) is 38.2 Å². The van der Waals surface area contributed by atoms with E-state index in [1.54, 1.807) is 50.6 Å². The van der Waals surface area contributed by atoms with E-state index in [-0.39, 0.29) is 81.9 Å². The number of esters is 2. The van der Waals surface area contributed by atoms with Crippen molar-refractivity contribution in [2.24, 2.45) is 0 Å². The van der Waals surface area contributed by atoms with Crippen molar-refractivity contribution in [1.29, 1.82) is 0 Å². The number of aliphatic carboxylic acids is 2. The zero-order valence-corrected chi connectivity index (χ0v) is 66.8. The number of ketones is 3. The second kappa shape index (κ2) is 50.6. The summed E-state index contributed by atoms with van der Waals surface area (Å²) >= 11 is 4.04. The first kappa shape index (κ1) is 89.9. The monoisotopic (exact) mass is 1580 g/mol. The van der Waals surface area contributed by atoms with Crippen LogP contribution in [0.25, 0.3) is 0 Å². The first-order chi connectivity index (χ1) is 55.4. The van der Waals surface area contributed by atoms with Gasteiger partial charge in [-0.1, -0.05) is 226 Å². The highest BCUT2D eigenvalue weighted by Gasteiger charge is 2.38. The number of carbonyl (C=O) groups is 8. The summed E-state index contributed by atoms with van der Waals surface area (Å²) in [5.41, 5.74) is 9.38. The lowest BCUT2D eigenvalue weighted by molar-refractivity contribution is -0.163. The summed E-state index contributed by atoms with van der Waals surface area (Å²) < 4.78 is 13.5. The number of para-hydroxylation sites is 1. The van der Waals surface area contributed by atoms with Gasteiger partial charge in [-0.3, -0.25) is 38.4 Å². The van der Waals surface area contributed by atoms with Crippen LogP contribution >= 0.6 is 23.5 Å². The predicted molar refractivity (Wildman–Crippen MR) is 454 cm³/mol. The predicted octanol–water partition coefficient (Wildman–Crippen LogP) is 21.0. The third-order valence-electron chi connectivity index (χ3n) is 18.9. The number of amides is 1. The quantitative estimate of drug-likeness (QED) is 0.00919. The number of Topliss-reactive ketones (excluding diaryl/α,β-unsaturated/α-hetero) is 3. The Labute approximate surface area is 679 Å². The fraction of sp³-hybridized carbons (Fsp3) is 0.292. The molecule has 11 rings (SSSR count). The number of methoxy groups -OCH3 is 2. The average Bonchev–Trinajstić information content (AvgIpc) is 0.764. The third kappa shape index (κ3) is 30.6. The normalized spacial score (nSPS) is 11.5. The third-order valence-corrected chi connectivity index (χ3v) is 22.1. The molecule has 1 aliphatic rings. The molecule has 1 saturated heterocycles. The van der Waals surface area contributed by atoms with Crippen molar-refractivity contribution in [2.75, 3.05) is 38.8 Å². The van der Waals surface area contributed by atoms with E-state index in [1.807, 2.05) is 53.9 Å². The molecule has 0 radical (unpaired) electrons. The minimum absolute atomic E-state index is 0.00159. The number of rotatable bonds is 39. The molecule has 0 spiro atoms. The van der Waals surface area contributed by atoms with Gasteiger partial charge in [0.15, 0.2) is 17.3 Å². The number of hydrogen-bond acceptors (Lipinski definition) is 15. The summed E-state index contributed by atoms with van der Waals surface area (Å²) in [5.74, 6) is 1.34. The van der Waals surface area contributed by atoms with Crippen molar-refractivity contribution in [3.8, 4) is 23.0 Å². The van der Waals surface area contributed by atoms with Crippen LogP contribution in [0.1, 0.15) is 193 Å². The molecule has 18 heteroatoms. The molecule has 10 aromatic carbocycles. The van der Waals surface area contributed by atoms with Crippen LogP contribution in [0, 0.1) is 0 Å². The Hall–Kier alpha value is -11.3. The largest absolute Gasteiger partial charge is 0.508 e. The number of unbranched alkanes of at least 4 members (excludes halogenated alkanes) is 6. The molecule has 1 heterocycles. The first-order valence-electron chi connectivity index (χ1n) is 38.9. The maximum atomic E-state index is 13.8. The molecule has 114 heavy (non-hydrogen) atoms. The summed E-state index contributed by atoms with van der Waals surface area (Å²) in [6.45, 7) is 1.48. The highest BCUT2D eigenvalue weighted by Crippen LogP contribution is 2.50. The van der Waals surface area contributed by atoms with Gasteiger partial charge < -0.3 is 39.5 Å². The zero-order chi connectivity index (χ0) is 81.4. The highest BCUT2D eigenvalue weighted by atomic mass is 32.2. The number of thioether (sulfide) groups is 2. The van der Waals surface area contributed by atoms with Gasteiger partial charge in [0.05, 0.1) is 23.7 Å². The molecule has 0 aliphatic carbocycles. The highest BCUT2D eigenvalue weighted by molar-refractivity contribution is 8.00. The van der Waals surface area contributed by atoms with Crippen molar-refractivity contribution in [3.63, 3.8) is 0 Å². The molecule has 16 nitrogen and oxygen atoms in total. The number of phenolic OH excluding ortho intramolecular Hbond substituents is 2. The molecule has 0 aromatic heterocycles. The number of hydrogen-bond donors (Lipinski definition) is 4. The van der Waals surface area contributed by atoms with Gasteiger partial charge in [-0.2, -0.15) is 0 Å². The van der Waals surface area contributed by atoms with Gasteiger partial charge in [-0.05, 0) is 181 Å². The summed E-state index contributed by atoms with van der Waals surface area (Å²) in [6, 6.07) is 94.2. The molecule has 0 bridgehead atoms. The fourth-order valence-corrected chi connectivity index (χ4v) is 16.0. The molecule has 1 fully saturated rings. The topological polar surface area (TPSA) is 248 Å². The Bertz CT molecular complexity index is 4120. The van der Waals surface area contributed by atoms with Crippen molar-refractivity contribution in [2.45, 2.75) is 138 Å². The number of cyclic esters (lactones) is 2. The Morgan fingerprint density at radius 3 is 0.886 bits per heavy atom. The first-order valence-corrected chi connectivity index (χ1v) is 40.9. The number of ether oxygens (including phenoxy) is 3. The minimum Gasteiger partial charge on any atom is -0.508 e. The fourth-order valence-electron chi connectivity index (χ4n) is 12.9. The molecular formula is C96H105NO15S2. The van der Waals surface area contributed by atoms with E-state index in [2.05, 4.69) is 192 Å². The number of carboxylic acids is 2. The van der Waals surface area contributed by atoms with Gasteiger partial charge in [0.25, 0.3) is 0 Å². The average molecular weight is 1580 g/mol. The van der Waals surface area contributed by atoms with Gasteiger partial charge in [0, 0.05) is 81.1 Å². The van der Waals surface area contributed by atoms with E-state index < -0.39 is 11.9 Å². The Balaban J connectivity index is 0.000000303. The van der Waals surface area contributed by atoms with Gasteiger partial charge in [-0.25, -0.2) is 0 Å². The summed E-state index contributed by atoms with van der Waals surface area (Å²) in [7, 11) is 3.22. The maximum absolute atomic E-state index is 13.8. The smallest absolute Gasteiger partial charge is 0.313 e. The second-order valence-electron chi connectivity index (χ2n) is 27.1. The molecule has 0 unspecified atom stereocenters. The van der Waals surface area contributed by atoms with E-state index in [1.165, 1.54) is 69.8 Å². The molecule has 0 atom stereocenters. The molecule has 0 saturated carbocycles. The van der Waals surface area contributed by atoms with Crippen LogP contribution in [0.4, 0.5) is 0 Å². The lowest BCUT2D eigenvalue weighted by Crippen LogP contribution is -2.33. The van der Waals surface area contributed by atoms with Crippen LogP contribution in [0.15, 0.2) is 285 Å². The van der Waals surface area contributed by atoms with Gasteiger partial charge >= 0.3 is 23.9 Å². The molecule has 596 valence electrons. The molecule has 1 aliphatic heterocycles. The molecular weight excluding hydrogens is 1470 g/mol. The SMILES string of the molecule is COc1ccc(C(=O)CCCC(=O)O)cc1.COc1ccccc1.O=C(CCCC(=O)N(CCCCCCSC(c1ccccc1)(c1ccccc1)c1ccccc1)CCCCCCSC(c1ccccc1)(c1ccccc1)c1ccccc1)c1ccc(O)cc1.O=C(O)CCCC(=O)c1ccc(O)cc1.O=C1CCCC(=O)O1. The summed E-state index contributed by atoms with van der Waals surface area (Å²) in [4.78, 5) is 92.8. The number of carbonyl (C=O) groups excluding carboxylic acids is 6. The van der Waals surface area contributed by atoms with Crippen LogP contribution in [0.2, 0.25) is 0 Å². The maximum Gasteiger partial charge on any atom is 0.313 e. The van der Waals surface area contributed by atoms with Crippen LogP contribution in [-0.4, -0.2) is 111 Å². The summed E-state index contributed by atoms with van der Waals surface area (Å²) in [6.07, 6.45) is 12.3. The Morgan fingerprint density at radius 2 is 0.614 bits per heavy atom. The zero-order valence-electron chi connectivity index (χ0n) is 65.1. The van der Waals surface area contributed by atoms with E-state index in [4.69, 9.17) is 24.8 Å². The minimum atomic E-state index is -0.895. The number of benzene rings is 10. The number of nitrogens with zero attached hydrogens (tertiary/aromatic N) is 1. The standard InChI is InChI=1S/C61H65NO3S2.C12H14O4.C11H12O4.C7H8O.C5H6O3/c63-57-44-42-50(43-45-57)58(64)40-27-41-59(65)62(46-23-1-3-25-48-66-60(51-28-11-5-12-29-51,52-30-13-6-14-31-52)53-32-15-7-16-33-53)47-24-2-4-26-49-67-61(54-34-17-8-18-35-54,55-36-19-9-20-37-55)56-38-21-10-22-39-56;1-16-10-7-5-9(6-8-10)11(13)3-2-4-12(14)15;12-9-6-4-8(5-7-9)10(13)2-1-3-11(14)15;1-8-7-5-3-2-4-6-7;6-4-2-1-3-5(7)8-4/h5-22,28-39,42-45,63H,1-4,23-27,40-41,46-49H2;5-8H,2-4H2,1H3,(H,14,15);4-7,12H,1-3H2,(H,14,15);2-6H,1H3;1-3H2. The number of aromatic hydroxyl groups is 2. The second-order valence-corrected chi connectivity index (χ2v) is 29.7. The molecule has 10 aromatic rings. The van der Waals surface area contributed by atoms with Crippen molar-refractivity contribution in [1.82, 2.24) is 4.90 Å². The van der Waals surface area contributed by atoms with Crippen LogP contribution < -0.4 is 9.47 Å². The lowest BCUT2D eigenvalue weighted by atomic mass is 9.84. The summed E-state index contributed by atoms with van der Waals surface area (Å²) in [5, 5.41) is 35.5. The molecule has 4 N–H and O–H groups in total. The van der Waals surface area contributed by atoms with E-state index in [0.717, 1.165) is 81.7 Å².